The highest BCUT2D eigenvalue weighted by molar-refractivity contribution is 5.94. The first-order valence-corrected chi connectivity index (χ1v) is 6.21. The van der Waals surface area contributed by atoms with Crippen molar-refractivity contribution in [3.05, 3.63) is 34.8 Å². The van der Waals surface area contributed by atoms with Gasteiger partial charge in [0.1, 0.15) is 5.52 Å². The molecule has 2 aromatic rings. The van der Waals surface area contributed by atoms with Crippen molar-refractivity contribution in [3.63, 3.8) is 0 Å². The van der Waals surface area contributed by atoms with E-state index in [1.165, 1.54) is 0 Å². The lowest BCUT2D eigenvalue weighted by Gasteiger charge is -2.15. The molecular weight excluding hydrogens is 253 g/mol. The van der Waals surface area contributed by atoms with Crippen molar-refractivity contribution in [2.24, 2.45) is 0 Å². The number of rotatable bonds is 3. The van der Waals surface area contributed by atoms with Crippen LogP contribution in [0.4, 0.5) is 18.9 Å². The number of hydrogen-bond acceptors (Lipinski definition) is 2. The first-order chi connectivity index (χ1) is 9.01. The van der Waals surface area contributed by atoms with Gasteiger partial charge in [-0.3, -0.25) is 0 Å². The molecule has 5 heteroatoms. The van der Waals surface area contributed by atoms with Crippen molar-refractivity contribution >= 4 is 16.6 Å². The standard InChI is InChI=1S/C14H15F3N2/c1-4-10-7(3)13(18-5-2)11-12(17)8(15)6-9(16)14(11)19-10/h6H,4-5H2,1-3H3,(H,18,19). The fourth-order valence-electron chi connectivity index (χ4n) is 2.22. The number of halogens is 3. The first-order valence-electron chi connectivity index (χ1n) is 6.21. The minimum Gasteiger partial charge on any atom is -0.384 e. The number of aryl methyl sites for hydroxylation is 1. The number of hydrogen-bond donors (Lipinski definition) is 1. The van der Waals surface area contributed by atoms with Gasteiger partial charge < -0.3 is 5.32 Å². The summed E-state index contributed by atoms with van der Waals surface area (Å²) in [7, 11) is 0. The Kier molecular flexibility index (Phi) is 3.64. The van der Waals surface area contributed by atoms with E-state index in [4.69, 9.17) is 0 Å². The van der Waals surface area contributed by atoms with Crippen LogP contribution >= 0.6 is 0 Å². The second kappa shape index (κ2) is 5.07. The smallest absolute Gasteiger partial charge is 0.170 e. The van der Waals surface area contributed by atoms with Gasteiger partial charge in [0.15, 0.2) is 17.5 Å². The van der Waals surface area contributed by atoms with Crippen molar-refractivity contribution in [2.45, 2.75) is 27.2 Å². The minimum atomic E-state index is -1.20. The van der Waals surface area contributed by atoms with Crippen molar-refractivity contribution < 1.29 is 13.2 Å². The summed E-state index contributed by atoms with van der Waals surface area (Å²) < 4.78 is 41.1. The van der Waals surface area contributed by atoms with Crippen LogP contribution < -0.4 is 5.32 Å². The highest BCUT2D eigenvalue weighted by Crippen LogP contribution is 2.33. The Bertz CT molecular complexity index is 639. The molecule has 0 aliphatic carbocycles. The molecule has 1 heterocycles. The molecule has 0 fully saturated rings. The summed E-state index contributed by atoms with van der Waals surface area (Å²) in [5.41, 5.74) is 1.69. The third-order valence-corrected chi connectivity index (χ3v) is 3.14. The van der Waals surface area contributed by atoms with E-state index in [1.807, 2.05) is 13.8 Å². The van der Waals surface area contributed by atoms with Crippen molar-refractivity contribution in [1.29, 1.82) is 0 Å². The van der Waals surface area contributed by atoms with E-state index >= 15 is 0 Å². The Labute approximate surface area is 109 Å². The molecule has 2 rings (SSSR count). The van der Waals surface area contributed by atoms with E-state index < -0.39 is 17.5 Å². The summed E-state index contributed by atoms with van der Waals surface area (Å²) in [5.74, 6) is -3.11. The van der Waals surface area contributed by atoms with E-state index in [0.29, 0.717) is 30.4 Å². The fourth-order valence-corrected chi connectivity index (χ4v) is 2.22. The molecule has 1 aromatic carbocycles. The monoisotopic (exact) mass is 268 g/mol. The molecule has 0 unspecified atom stereocenters. The van der Waals surface area contributed by atoms with Gasteiger partial charge in [-0.25, -0.2) is 18.2 Å². The van der Waals surface area contributed by atoms with Crippen LogP contribution in [0.15, 0.2) is 6.07 Å². The molecule has 0 radical (unpaired) electrons. The van der Waals surface area contributed by atoms with Crippen LogP contribution in [0.1, 0.15) is 25.1 Å². The normalized spacial score (nSPS) is 11.1. The fraction of sp³-hybridized carbons (Fsp3) is 0.357. The molecule has 0 aliphatic heterocycles. The SMILES string of the molecule is CCNc1c(C)c(CC)nc2c(F)cc(F)c(F)c12. The van der Waals surface area contributed by atoms with Gasteiger partial charge >= 0.3 is 0 Å². The van der Waals surface area contributed by atoms with Crippen LogP contribution in [0.3, 0.4) is 0 Å². The summed E-state index contributed by atoms with van der Waals surface area (Å²) in [5, 5.41) is 2.86. The molecule has 2 nitrogen and oxygen atoms in total. The molecule has 0 saturated carbocycles. The van der Waals surface area contributed by atoms with Gasteiger partial charge in [0.25, 0.3) is 0 Å². The zero-order valence-electron chi connectivity index (χ0n) is 11.1. The third-order valence-electron chi connectivity index (χ3n) is 3.14. The lowest BCUT2D eigenvalue weighted by atomic mass is 10.0. The number of nitrogens with zero attached hydrogens (tertiary/aromatic N) is 1. The Hall–Kier alpha value is -1.78. The highest BCUT2D eigenvalue weighted by atomic mass is 19.2. The molecular formula is C14H15F3N2. The van der Waals surface area contributed by atoms with E-state index in [2.05, 4.69) is 10.3 Å². The number of aromatic nitrogens is 1. The summed E-state index contributed by atoms with van der Waals surface area (Å²) in [4.78, 5) is 4.12. The lowest BCUT2D eigenvalue weighted by molar-refractivity contribution is 0.505. The number of pyridine rings is 1. The van der Waals surface area contributed by atoms with E-state index in [-0.39, 0.29) is 10.9 Å². The van der Waals surface area contributed by atoms with Gasteiger partial charge in [-0.15, -0.1) is 0 Å². The van der Waals surface area contributed by atoms with Crippen LogP contribution in [-0.2, 0) is 6.42 Å². The molecule has 1 N–H and O–H groups in total. The van der Waals surface area contributed by atoms with Crippen LogP contribution in [0.2, 0.25) is 0 Å². The first kappa shape index (κ1) is 13.6. The maximum Gasteiger partial charge on any atom is 0.170 e. The predicted molar refractivity (Wildman–Crippen MR) is 69.9 cm³/mol. The zero-order chi connectivity index (χ0) is 14.2. The number of nitrogens with one attached hydrogen (secondary N) is 1. The molecule has 0 spiro atoms. The van der Waals surface area contributed by atoms with Gasteiger partial charge in [0.2, 0.25) is 0 Å². The van der Waals surface area contributed by atoms with E-state index in [9.17, 15) is 13.2 Å². The summed E-state index contributed by atoms with van der Waals surface area (Å²) >= 11 is 0. The number of benzene rings is 1. The molecule has 0 amide bonds. The van der Waals surface area contributed by atoms with Crippen molar-refractivity contribution in [2.75, 3.05) is 11.9 Å². The molecule has 0 aliphatic rings. The number of fused-ring (bicyclic) bond motifs is 1. The van der Waals surface area contributed by atoms with Crippen molar-refractivity contribution in [3.8, 4) is 0 Å². The van der Waals surface area contributed by atoms with Crippen LogP contribution in [0.25, 0.3) is 10.9 Å². The third kappa shape index (κ3) is 2.13. The molecule has 102 valence electrons. The molecule has 0 saturated heterocycles. The topological polar surface area (TPSA) is 24.9 Å². The Morgan fingerprint density at radius 2 is 1.84 bits per heavy atom. The summed E-state index contributed by atoms with van der Waals surface area (Å²) in [6.45, 7) is 6.02. The molecule has 0 bridgehead atoms. The summed E-state index contributed by atoms with van der Waals surface area (Å²) in [6, 6.07) is 0.537. The van der Waals surface area contributed by atoms with Gasteiger partial charge in [0, 0.05) is 18.3 Å². The quantitative estimate of drug-likeness (QED) is 0.852. The van der Waals surface area contributed by atoms with Gasteiger partial charge in [-0.1, -0.05) is 6.92 Å². The highest BCUT2D eigenvalue weighted by Gasteiger charge is 2.20. The average Bonchev–Trinajstić information content (AvgIpc) is 2.38. The van der Waals surface area contributed by atoms with Crippen LogP contribution in [0, 0.1) is 24.4 Å². The van der Waals surface area contributed by atoms with Crippen LogP contribution in [-0.4, -0.2) is 11.5 Å². The average molecular weight is 268 g/mol. The molecule has 0 atom stereocenters. The van der Waals surface area contributed by atoms with Gasteiger partial charge in [-0.05, 0) is 25.8 Å². The Morgan fingerprint density at radius 3 is 2.42 bits per heavy atom. The van der Waals surface area contributed by atoms with Crippen molar-refractivity contribution in [1.82, 2.24) is 4.98 Å². The second-order valence-corrected chi connectivity index (χ2v) is 4.32. The molecule has 1 aromatic heterocycles. The second-order valence-electron chi connectivity index (χ2n) is 4.32. The molecule has 19 heavy (non-hydrogen) atoms. The largest absolute Gasteiger partial charge is 0.384 e. The van der Waals surface area contributed by atoms with E-state index in [0.717, 1.165) is 5.56 Å². The zero-order valence-corrected chi connectivity index (χ0v) is 11.1. The van der Waals surface area contributed by atoms with Gasteiger partial charge in [0.05, 0.1) is 11.1 Å². The lowest BCUT2D eigenvalue weighted by Crippen LogP contribution is -2.07. The van der Waals surface area contributed by atoms with Crippen LogP contribution in [0.5, 0.6) is 0 Å². The Morgan fingerprint density at radius 1 is 1.16 bits per heavy atom. The maximum absolute atomic E-state index is 14.0. The van der Waals surface area contributed by atoms with E-state index in [1.54, 1.807) is 6.92 Å². The predicted octanol–water partition coefficient (Wildman–Crippen LogP) is 3.95. The summed E-state index contributed by atoms with van der Waals surface area (Å²) in [6.07, 6.45) is 0.596. The maximum atomic E-state index is 14.0. The minimum absolute atomic E-state index is 0.117. The Balaban J connectivity index is 2.96. The van der Waals surface area contributed by atoms with Gasteiger partial charge in [-0.2, -0.15) is 0 Å². The number of anilines is 1.